The van der Waals surface area contributed by atoms with E-state index in [1.54, 1.807) is 0 Å². The molecule has 1 amide bonds. The van der Waals surface area contributed by atoms with E-state index in [1.807, 2.05) is 31.2 Å². The van der Waals surface area contributed by atoms with Crippen LogP contribution in [0.3, 0.4) is 0 Å². The number of unbranched alkanes of at least 4 members (excludes halogenated alkanes) is 2. The number of amides is 1. The maximum absolute atomic E-state index is 11.8. The number of carbonyl (C=O) groups is 1. The maximum atomic E-state index is 11.8. The zero-order valence-electron chi connectivity index (χ0n) is 11.7. The molecule has 1 rings (SSSR count). The Balaban J connectivity index is 2.28. The first kappa shape index (κ1) is 16.0. The van der Waals surface area contributed by atoms with E-state index in [1.165, 1.54) is 0 Å². The minimum absolute atomic E-state index is 0.0446. The Bertz CT molecular complexity index is 395. The summed E-state index contributed by atoms with van der Waals surface area (Å²) < 4.78 is 0. The fourth-order valence-corrected chi connectivity index (χ4v) is 1.94. The van der Waals surface area contributed by atoms with Gasteiger partial charge in [0, 0.05) is 18.1 Å². The number of nitrogens with one attached hydrogen (secondary N) is 2. The van der Waals surface area contributed by atoms with Crippen LogP contribution >= 0.6 is 11.6 Å². The number of benzene rings is 1. The molecule has 3 nitrogen and oxygen atoms in total. The quantitative estimate of drug-likeness (QED) is 0.719. The van der Waals surface area contributed by atoms with Gasteiger partial charge in [0.25, 0.3) is 0 Å². The van der Waals surface area contributed by atoms with E-state index in [2.05, 4.69) is 17.6 Å². The monoisotopic (exact) mass is 282 g/mol. The molecule has 0 saturated carbocycles. The second-order valence-corrected chi connectivity index (χ2v) is 5.10. The number of carbonyl (C=O) groups excluding carboxylic acids is 1. The van der Waals surface area contributed by atoms with Crippen LogP contribution in [0.2, 0.25) is 5.02 Å². The summed E-state index contributed by atoms with van der Waals surface area (Å²) in [5.74, 6) is 0.0446. The molecule has 1 unspecified atom stereocenters. The lowest BCUT2D eigenvalue weighted by atomic mass is 10.2. The third kappa shape index (κ3) is 6.08. The third-order valence-electron chi connectivity index (χ3n) is 3.03. The van der Waals surface area contributed by atoms with Crippen molar-refractivity contribution >= 4 is 17.5 Å². The minimum atomic E-state index is -0.210. The largest absolute Gasteiger partial charge is 0.355 e. The predicted octanol–water partition coefficient (Wildman–Crippen LogP) is 3.12. The van der Waals surface area contributed by atoms with Crippen molar-refractivity contribution in [2.45, 2.75) is 45.7 Å². The van der Waals surface area contributed by atoms with Crippen LogP contribution in [0.5, 0.6) is 0 Å². The Hall–Kier alpha value is -1.06. The molecule has 106 valence electrons. The van der Waals surface area contributed by atoms with Gasteiger partial charge in [-0.2, -0.15) is 0 Å². The molecule has 0 aliphatic heterocycles. The molecule has 0 heterocycles. The van der Waals surface area contributed by atoms with Crippen molar-refractivity contribution < 1.29 is 4.79 Å². The summed E-state index contributed by atoms with van der Waals surface area (Å²) in [6, 6.07) is 7.45. The molecule has 1 aromatic rings. The molecule has 0 aliphatic carbocycles. The lowest BCUT2D eigenvalue weighted by Crippen LogP contribution is -2.42. The summed E-state index contributed by atoms with van der Waals surface area (Å²) in [7, 11) is 0. The Kier molecular flexibility index (Phi) is 7.53. The molecule has 0 bridgehead atoms. The van der Waals surface area contributed by atoms with Crippen molar-refractivity contribution in [3.05, 3.63) is 34.9 Å². The molecule has 0 aromatic heterocycles. The van der Waals surface area contributed by atoms with Gasteiger partial charge in [0.15, 0.2) is 0 Å². The first-order valence-electron chi connectivity index (χ1n) is 6.89. The van der Waals surface area contributed by atoms with Gasteiger partial charge >= 0.3 is 0 Å². The van der Waals surface area contributed by atoms with Gasteiger partial charge in [0.2, 0.25) is 5.91 Å². The van der Waals surface area contributed by atoms with Crippen LogP contribution in [0.15, 0.2) is 24.3 Å². The summed E-state index contributed by atoms with van der Waals surface area (Å²) in [5.41, 5.74) is 1.01. The molecular formula is C15H23ClN2O. The van der Waals surface area contributed by atoms with Crippen LogP contribution in [-0.2, 0) is 11.3 Å². The highest BCUT2D eigenvalue weighted by Crippen LogP contribution is 2.14. The Morgan fingerprint density at radius 1 is 1.32 bits per heavy atom. The fourth-order valence-electron chi connectivity index (χ4n) is 1.74. The zero-order chi connectivity index (χ0) is 14.1. The molecule has 0 radical (unpaired) electrons. The van der Waals surface area contributed by atoms with Crippen LogP contribution in [0.1, 0.15) is 38.7 Å². The number of rotatable bonds is 8. The summed E-state index contributed by atoms with van der Waals surface area (Å²) in [5, 5.41) is 6.84. The predicted molar refractivity (Wildman–Crippen MR) is 80.3 cm³/mol. The van der Waals surface area contributed by atoms with Crippen LogP contribution in [-0.4, -0.2) is 18.5 Å². The van der Waals surface area contributed by atoms with Crippen molar-refractivity contribution in [1.29, 1.82) is 0 Å². The van der Waals surface area contributed by atoms with Gasteiger partial charge in [-0.15, -0.1) is 0 Å². The van der Waals surface area contributed by atoms with Crippen LogP contribution in [0.25, 0.3) is 0 Å². The van der Waals surface area contributed by atoms with Crippen molar-refractivity contribution in [2.75, 3.05) is 6.54 Å². The summed E-state index contributed by atoms with van der Waals surface area (Å²) >= 11 is 6.07. The van der Waals surface area contributed by atoms with Crippen molar-refractivity contribution in [1.82, 2.24) is 10.6 Å². The van der Waals surface area contributed by atoms with Gasteiger partial charge in [0.1, 0.15) is 0 Å². The van der Waals surface area contributed by atoms with Crippen LogP contribution in [0.4, 0.5) is 0 Å². The lowest BCUT2D eigenvalue weighted by Gasteiger charge is -2.14. The highest BCUT2D eigenvalue weighted by Gasteiger charge is 2.11. The molecule has 1 atom stereocenters. The van der Waals surface area contributed by atoms with Gasteiger partial charge in [-0.25, -0.2) is 0 Å². The highest BCUT2D eigenvalue weighted by molar-refractivity contribution is 6.31. The summed E-state index contributed by atoms with van der Waals surface area (Å²) in [4.78, 5) is 11.8. The number of hydrogen-bond acceptors (Lipinski definition) is 2. The number of hydrogen-bond donors (Lipinski definition) is 2. The molecule has 4 heteroatoms. The van der Waals surface area contributed by atoms with Crippen molar-refractivity contribution in [3.8, 4) is 0 Å². The first-order valence-corrected chi connectivity index (χ1v) is 7.27. The Labute approximate surface area is 120 Å². The molecule has 2 N–H and O–H groups in total. The second kappa shape index (κ2) is 8.94. The average molecular weight is 283 g/mol. The fraction of sp³-hybridized carbons (Fsp3) is 0.533. The van der Waals surface area contributed by atoms with Gasteiger partial charge in [-0.1, -0.05) is 49.6 Å². The molecule has 0 spiro atoms. The minimum Gasteiger partial charge on any atom is -0.355 e. The van der Waals surface area contributed by atoms with Gasteiger partial charge < -0.3 is 10.6 Å². The van der Waals surface area contributed by atoms with Gasteiger partial charge in [-0.3, -0.25) is 4.79 Å². The van der Waals surface area contributed by atoms with E-state index >= 15 is 0 Å². The van der Waals surface area contributed by atoms with Gasteiger partial charge in [0.05, 0.1) is 6.04 Å². The smallest absolute Gasteiger partial charge is 0.236 e. The van der Waals surface area contributed by atoms with E-state index in [9.17, 15) is 4.79 Å². The topological polar surface area (TPSA) is 41.1 Å². The zero-order valence-corrected chi connectivity index (χ0v) is 12.5. The van der Waals surface area contributed by atoms with Crippen molar-refractivity contribution in [3.63, 3.8) is 0 Å². The molecule has 0 aliphatic rings. The summed E-state index contributed by atoms with van der Waals surface area (Å²) in [6.45, 7) is 5.37. The first-order chi connectivity index (χ1) is 9.15. The van der Waals surface area contributed by atoms with Gasteiger partial charge in [-0.05, 0) is 25.0 Å². The van der Waals surface area contributed by atoms with E-state index in [0.717, 1.165) is 36.4 Å². The maximum Gasteiger partial charge on any atom is 0.236 e. The molecule has 1 aromatic carbocycles. The normalized spacial score (nSPS) is 12.2. The van der Waals surface area contributed by atoms with E-state index in [-0.39, 0.29) is 11.9 Å². The molecule has 0 fully saturated rings. The van der Waals surface area contributed by atoms with E-state index in [0.29, 0.717) is 6.54 Å². The lowest BCUT2D eigenvalue weighted by molar-refractivity contribution is -0.122. The molecule has 0 saturated heterocycles. The molecular weight excluding hydrogens is 260 g/mol. The third-order valence-corrected chi connectivity index (χ3v) is 3.40. The second-order valence-electron chi connectivity index (χ2n) is 4.69. The highest BCUT2D eigenvalue weighted by atomic mass is 35.5. The standard InChI is InChI=1S/C15H23ClN2O/c1-3-4-7-10-17-15(19)12(2)18-11-13-8-5-6-9-14(13)16/h5-6,8-9,12,18H,3-4,7,10-11H2,1-2H3,(H,17,19). The van der Waals surface area contributed by atoms with Crippen LogP contribution in [0, 0.1) is 0 Å². The Morgan fingerprint density at radius 2 is 2.05 bits per heavy atom. The SMILES string of the molecule is CCCCCNC(=O)C(C)NCc1ccccc1Cl. The Morgan fingerprint density at radius 3 is 2.74 bits per heavy atom. The van der Waals surface area contributed by atoms with Crippen LogP contribution < -0.4 is 10.6 Å². The van der Waals surface area contributed by atoms with Crippen molar-refractivity contribution in [2.24, 2.45) is 0 Å². The summed E-state index contributed by atoms with van der Waals surface area (Å²) in [6.07, 6.45) is 3.36. The van der Waals surface area contributed by atoms with E-state index in [4.69, 9.17) is 11.6 Å². The van der Waals surface area contributed by atoms with E-state index < -0.39 is 0 Å². The number of halogens is 1. The average Bonchev–Trinajstić information content (AvgIpc) is 2.42. The molecule has 19 heavy (non-hydrogen) atoms.